The minimum absolute atomic E-state index is 0.0800. The molecule has 2 aromatic rings. The third-order valence-corrected chi connectivity index (χ3v) is 6.12. The zero-order valence-electron chi connectivity index (χ0n) is 17.5. The van der Waals surface area contributed by atoms with Gasteiger partial charge in [-0.05, 0) is 32.9 Å². The number of piperazine rings is 1. The van der Waals surface area contributed by atoms with Crippen molar-refractivity contribution < 1.29 is 9.32 Å². The van der Waals surface area contributed by atoms with Crippen molar-refractivity contribution in [2.24, 2.45) is 5.92 Å². The van der Waals surface area contributed by atoms with Gasteiger partial charge in [-0.15, -0.1) is 0 Å². The van der Waals surface area contributed by atoms with E-state index in [0.29, 0.717) is 24.2 Å². The third-order valence-electron chi connectivity index (χ3n) is 6.12. The zero-order valence-corrected chi connectivity index (χ0v) is 17.5. The number of hydrogen-bond donors (Lipinski definition) is 0. The SMILES string of the molecule is CCN1CCN(C(=O)C2CCCN(Cc3nc(-c4ccc(C)cc4)no3)C2)CC1. The number of hydrogen-bond acceptors (Lipinski definition) is 6. The quantitative estimate of drug-likeness (QED) is 0.772. The van der Waals surface area contributed by atoms with Gasteiger partial charge in [-0.3, -0.25) is 9.69 Å². The summed E-state index contributed by atoms with van der Waals surface area (Å²) in [4.78, 5) is 24.3. The minimum atomic E-state index is 0.0800. The molecule has 29 heavy (non-hydrogen) atoms. The van der Waals surface area contributed by atoms with E-state index < -0.39 is 0 Å². The number of carbonyl (C=O) groups is 1. The van der Waals surface area contributed by atoms with Gasteiger partial charge in [-0.25, -0.2) is 0 Å². The first-order valence-corrected chi connectivity index (χ1v) is 10.8. The predicted molar refractivity (Wildman–Crippen MR) is 111 cm³/mol. The average Bonchev–Trinajstić information content (AvgIpc) is 3.22. The van der Waals surface area contributed by atoms with Gasteiger partial charge in [0.15, 0.2) is 0 Å². The van der Waals surface area contributed by atoms with Gasteiger partial charge in [-0.1, -0.05) is 41.9 Å². The van der Waals surface area contributed by atoms with Crippen LogP contribution in [0.2, 0.25) is 0 Å². The van der Waals surface area contributed by atoms with E-state index in [-0.39, 0.29) is 5.92 Å². The second-order valence-electron chi connectivity index (χ2n) is 8.21. The fraction of sp³-hybridized carbons (Fsp3) is 0.591. The Morgan fingerprint density at radius 1 is 1.10 bits per heavy atom. The highest BCUT2D eigenvalue weighted by molar-refractivity contribution is 5.79. The number of carbonyl (C=O) groups excluding carboxylic acids is 1. The molecule has 7 heteroatoms. The molecule has 2 saturated heterocycles. The van der Waals surface area contributed by atoms with Crippen LogP contribution in [0.4, 0.5) is 0 Å². The van der Waals surface area contributed by atoms with Crippen molar-refractivity contribution in [1.29, 1.82) is 0 Å². The van der Waals surface area contributed by atoms with Gasteiger partial charge in [0.25, 0.3) is 0 Å². The highest BCUT2D eigenvalue weighted by atomic mass is 16.5. The van der Waals surface area contributed by atoms with E-state index in [4.69, 9.17) is 4.52 Å². The summed E-state index contributed by atoms with van der Waals surface area (Å²) in [5.74, 6) is 1.64. The Morgan fingerprint density at radius 2 is 1.86 bits per heavy atom. The van der Waals surface area contributed by atoms with Gasteiger partial charge in [-0.2, -0.15) is 4.98 Å². The minimum Gasteiger partial charge on any atom is -0.340 e. The fourth-order valence-corrected chi connectivity index (χ4v) is 4.27. The maximum atomic E-state index is 13.0. The lowest BCUT2D eigenvalue weighted by molar-refractivity contribution is -0.139. The van der Waals surface area contributed by atoms with E-state index in [1.54, 1.807) is 0 Å². The highest BCUT2D eigenvalue weighted by Gasteiger charge is 2.31. The van der Waals surface area contributed by atoms with Crippen molar-refractivity contribution in [2.75, 3.05) is 45.8 Å². The Bertz CT molecular complexity index is 811. The Balaban J connectivity index is 1.33. The van der Waals surface area contributed by atoms with Gasteiger partial charge in [0.05, 0.1) is 12.5 Å². The standard InChI is InChI=1S/C22H31N5O2/c1-3-25-11-13-27(14-12-25)22(28)19-5-4-10-26(15-19)16-20-23-21(24-29-20)18-8-6-17(2)7-9-18/h6-9,19H,3-5,10-16H2,1-2H3. The fourth-order valence-electron chi connectivity index (χ4n) is 4.27. The summed E-state index contributed by atoms with van der Waals surface area (Å²) in [7, 11) is 0. The zero-order chi connectivity index (χ0) is 20.2. The van der Waals surface area contributed by atoms with Gasteiger partial charge >= 0.3 is 0 Å². The summed E-state index contributed by atoms with van der Waals surface area (Å²) in [5.41, 5.74) is 2.17. The molecule has 4 rings (SSSR count). The van der Waals surface area contributed by atoms with Gasteiger partial charge in [0, 0.05) is 38.3 Å². The molecule has 1 aromatic heterocycles. The summed E-state index contributed by atoms with van der Waals surface area (Å²) < 4.78 is 5.48. The van der Waals surface area contributed by atoms with Crippen LogP contribution in [0, 0.1) is 12.8 Å². The van der Waals surface area contributed by atoms with Crippen LogP contribution >= 0.6 is 0 Å². The number of benzene rings is 1. The van der Waals surface area contributed by atoms with Crippen molar-refractivity contribution in [3.8, 4) is 11.4 Å². The van der Waals surface area contributed by atoms with Crippen LogP contribution < -0.4 is 0 Å². The number of rotatable bonds is 5. The van der Waals surface area contributed by atoms with Crippen LogP contribution in [0.3, 0.4) is 0 Å². The molecule has 0 bridgehead atoms. The van der Waals surface area contributed by atoms with E-state index in [2.05, 4.69) is 38.7 Å². The summed E-state index contributed by atoms with van der Waals surface area (Å²) in [6.45, 7) is 11.3. The molecule has 0 saturated carbocycles. The number of nitrogens with zero attached hydrogens (tertiary/aromatic N) is 5. The van der Waals surface area contributed by atoms with Crippen molar-refractivity contribution >= 4 is 5.91 Å². The van der Waals surface area contributed by atoms with Crippen molar-refractivity contribution in [1.82, 2.24) is 24.8 Å². The van der Waals surface area contributed by atoms with E-state index in [0.717, 1.165) is 64.2 Å². The molecule has 1 atom stereocenters. The monoisotopic (exact) mass is 397 g/mol. The molecule has 0 radical (unpaired) electrons. The molecule has 0 spiro atoms. The summed E-state index contributed by atoms with van der Waals surface area (Å²) in [5, 5.41) is 4.13. The molecule has 1 unspecified atom stereocenters. The maximum absolute atomic E-state index is 13.0. The molecule has 0 aliphatic carbocycles. The summed E-state index contributed by atoms with van der Waals surface area (Å²) in [6.07, 6.45) is 2.01. The van der Waals surface area contributed by atoms with Crippen LogP contribution in [0.25, 0.3) is 11.4 Å². The first kappa shape index (κ1) is 20.0. The van der Waals surface area contributed by atoms with E-state index in [1.807, 2.05) is 24.3 Å². The summed E-state index contributed by atoms with van der Waals surface area (Å²) in [6, 6.07) is 8.12. The Labute approximate surface area is 172 Å². The van der Waals surface area contributed by atoms with Crippen LogP contribution in [-0.2, 0) is 11.3 Å². The molecule has 2 fully saturated rings. The van der Waals surface area contributed by atoms with E-state index >= 15 is 0 Å². The topological polar surface area (TPSA) is 65.7 Å². The van der Waals surface area contributed by atoms with E-state index in [9.17, 15) is 4.79 Å². The van der Waals surface area contributed by atoms with Crippen molar-refractivity contribution in [3.63, 3.8) is 0 Å². The Kier molecular flexibility index (Phi) is 6.25. The normalized spacial score (nSPS) is 21.4. The lowest BCUT2D eigenvalue weighted by atomic mass is 9.96. The second kappa shape index (κ2) is 9.05. The Hall–Kier alpha value is -2.25. The molecule has 0 N–H and O–H groups in total. The van der Waals surface area contributed by atoms with Crippen LogP contribution in [0.15, 0.2) is 28.8 Å². The average molecular weight is 398 g/mol. The van der Waals surface area contributed by atoms with Crippen LogP contribution in [0.5, 0.6) is 0 Å². The Morgan fingerprint density at radius 3 is 2.59 bits per heavy atom. The maximum Gasteiger partial charge on any atom is 0.241 e. The predicted octanol–water partition coefficient (Wildman–Crippen LogP) is 2.42. The number of likely N-dealkylation sites (N-methyl/N-ethyl adjacent to an activating group) is 1. The second-order valence-corrected chi connectivity index (χ2v) is 8.21. The number of amides is 1. The van der Waals surface area contributed by atoms with Crippen molar-refractivity contribution in [3.05, 3.63) is 35.7 Å². The van der Waals surface area contributed by atoms with Crippen LogP contribution in [0.1, 0.15) is 31.2 Å². The largest absolute Gasteiger partial charge is 0.340 e. The molecule has 3 heterocycles. The van der Waals surface area contributed by atoms with Gasteiger partial charge < -0.3 is 14.3 Å². The first-order chi connectivity index (χ1) is 14.1. The van der Waals surface area contributed by atoms with Crippen LogP contribution in [-0.4, -0.2) is 76.6 Å². The van der Waals surface area contributed by atoms with Crippen molar-refractivity contribution in [2.45, 2.75) is 33.2 Å². The molecule has 156 valence electrons. The molecular formula is C22H31N5O2. The lowest BCUT2D eigenvalue weighted by Gasteiger charge is -2.38. The number of piperidine rings is 1. The smallest absolute Gasteiger partial charge is 0.241 e. The number of aromatic nitrogens is 2. The summed E-state index contributed by atoms with van der Waals surface area (Å²) >= 11 is 0. The molecule has 7 nitrogen and oxygen atoms in total. The third kappa shape index (κ3) is 4.85. The van der Waals surface area contributed by atoms with Gasteiger partial charge in [0.2, 0.25) is 17.6 Å². The lowest BCUT2D eigenvalue weighted by Crippen LogP contribution is -2.52. The molecule has 1 aromatic carbocycles. The molecule has 1 amide bonds. The van der Waals surface area contributed by atoms with Gasteiger partial charge in [0.1, 0.15) is 0 Å². The molecular weight excluding hydrogens is 366 g/mol. The number of likely N-dealkylation sites (tertiary alicyclic amines) is 1. The van der Waals surface area contributed by atoms with E-state index in [1.165, 1.54) is 5.56 Å². The molecule has 2 aliphatic heterocycles. The number of aryl methyl sites for hydroxylation is 1. The highest BCUT2D eigenvalue weighted by Crippen LogP contribution is 2.22. The first-order valence-electron chi connectivity index (χ1n) is 10.8. The molecule has 2 aliphatic rings.